The lowest BCUT2D eigenvalue weighted by Crippen LogP contribution is -2.20. The van der Waals surface area contributed by atoms with E-state index in [9.17, 15) is 18.5 Å². The summed E-state index contributed by atoms with van der Waals surface area (Å²) >= 11 is 3.36. The molecule has 6 nitrogen and oxygen atoms in total. The van der Waals surface area contributed by atoms with Gasteiger partial charge in [-0.3, -0.25) is 4.79 Å². The molecule has 3 rings (SSSR count). The highest BCUT2D eigenvalue weighted by atomic mass is 79.9. The maximum absolute atomic E-state index is 13.5. The lowest BCUT2D eigenvalue weighted by Gasteiger charge is -2.12. The highest BCUT2D eigenvalue weighted by Gasteiger charge is 2.28. The van der Waals surface area contributed by atoms with Gasteiger partial charge in [-0.1, -0.05) is 39.7 Å². The van der Waals surface area contributed by atoms with Crippen LogP contribution in [0.15, 0.2) is 69.7 Å². The van der Waals surface area contributed by atoms with Gasteiger partial charge in [0.25, 0.3) is 10.0 Å². The molecule has 0 N–H and O–H groups in total. The molecule has 1 heterocycles. The molecule has 0 atom stereocenters. The van der Waals surface area contributed by atoms with Crippen LogP contribution in [0.25, 0.3) is 10.9 Å². The number of rotatable bonds is 5. The van der Waals surface area contributed by atoms with Gasteiger partial charge in [-0.2, -0.15) is 5.26 Å². The highest BCUT2D eigenvalue weighted by Crippen LogP contribution is 2.29. The summed E-state index contributed by atoms with van der Waals surface area (Å²) in [5.41, 5.74) is 1.03. The summed E-state index contributed by atoms with van der Waals surface area (Å²) in [6.07, 6.45) is 1.37. The van der Waals surface area contributed by atoms with Gasteiger partial charge in [-0.15, -0.1) is 0 Å². The van der Waals surface area contributed by atoms with E-state index in [0.29, 0.717) is 15.4 Å². The maximum atomic E-state index is 13.5. The van der Waals surface area contributed by atoms with Crippen LogP contribution in [-0.2, 0) is 10.0 Å². The number of nitrogens with zero attached hydrogens (tertiary/aromatic N) is 3. The molecule has 0 aliphatic rings. The van der Waals surface area contributed by atoms with Crippen molar-refractivity contribution in [2.75, 3.05) is 14.1 Å². The first-order valence-corrected chi connectivity index (χ1v) is 10.8. The lowest BCUT2D eigenvalue weighted by atomic mass is 10.1. The zero-order chi connectivity index (χ0) is 21.3. The van der Waals surface area contributed by atoms with Crippen molar-refractivity contribution >= 4 is 42.6 Å². The van der Waals surface area contributed by atoms with Crippen molar-refractivity contribution < 1.29 is 13.2 Å². The molecule has 0 bridgehead atoms. The Morgan fingerprint density at radius 3 is 2.38 bits per heavy atom. The minimum atomic E-state index is -4.08. The van der Waals surface area contributed by atoms with E-state index in [4.69, 9.17) is 0 Å². The fourth-order valence-electron chi connectivity index (χ4n) is 2.92. The fraction of sp³-hybridized carbons (Fsp3) is 0.143. The van der Waals surface area contributed by atoms with Gasteiger partial charge >= 0.3 is 0 Å². The molecular formula is C21H18BrN3O3S. The van der Waals surface area contributed by atoms with E-state index in [0.717, 1.165) is 9.54 Å². The maximum Gasteiger partial charge on any atom is 0.268 e. The number of allylic oxidation sites excluding steroid dienone is 1. The van der Waals surface area contributed by atoms with E-state index in [1.807, 2.05) is 13.0 Å². The molecule has 0 radical (unpaired) electrons. The Hall–Kier alpha value is -2.89. The lowest BCUT2D eigenvalue weighted by molar-refractivity contribution is 0.103. The number of halogens is 1. The van der Waals surface area contributed by atoms with Crippen molar-refractivity contribution in [1.82, 2.24) is 8.87 Å². The average molecular weight is 472 g/mol. The summed E-state index contributed by atoms with van der Waals surface area (Å²) in [7, 11) is -0.715. The second-order valence-corrected chi connectivity index (χ2v) is 9.46. The number of aryl methyl sites for hydroxylation is 1. The Balaban J connectivity index is 2.34. The summed E-state index contributed by atoms with van der Waals surface area (Å²) in [5.74, 6) is -0.663. The number of carbonyl (C=O) groups is 1. The van der Waals surface area contributed by atoms with Crippen LogP contribution in [0, 0.1) is 18.3 Å². The number of hydrogen-bond acceptors (Lipinski definition) is 5. The Morgan fingerprint density at radius 1 is 1.14 bits per heavy atom. The molecular weight excluding hydrogens is 454 g/mol. The van der Waals surface area contributed by atoms with Crippen LogP contribution in [0.4, 0.5) is 0 Å². The van der Waals surface area contributed by atoms with Gasteiger partial charge in [0, 0.05) is 30.2 Å². The Bertz CT molecular complexity index is 1280. The van der Waals surface area contributed by atoms with Gasteiger partial charge < -0.3 is 4.90 Å². The number of aromatic nitrogens is 1. The number of hydrogen-bond donors (Lipinski definition) is 0. The molecule has 0 aliphatic heterocycles. The van der Waals surface area contributed by atoms with Gasteiger partial charge in [0.05, 0.1) is 10.4 Å². The van der Waals surface area contributed by atoms with Crippen molar-refractivity contribution in [2.24, 2.45) is 0 Å². The van der Waals surface area contributed by atoms with Crippen molar-refractivity contribution in [3.63, 3.8) is 0 Å². The minimum absolute atomic E-state index is 0.0599. The van der Waals surface area contributed by atoms with Gasteiger partial charge in [-0.05, 0) is 37.3 Å². The Kier molecular flexibility index (Phi) is 5.64. The quantitative estimate of drug-likeness (QED) is 0.317. The number of benzene rings is 2. The predicted octanol–water partition coefficient (Wildman–Crippen LogP) is 4.10. The molecule has 29 heavy (non-hydrogen) atoms. The second kappa shape index (κ2) is 7.85. The number of ketones is 1. The zero-order valence-electron chi connectivity index (χ0n) is 16.0. The first kappa shape index (κ1) is 20.8. The third-order valence-electron chi connectivity index (χ3n) is 4.27. The first-order valence-electron chi connectivity index (χ1n) is 8.61. The average Bonchev–Trinajstić information content (AvgIpc) is 3.05. The molecule has 3 aromatic rings. The third kappa shape index (κ3) is 3.97. The van der Waals surface area contributed by atoms with Crippen LogP contribution in [0.1, 0.15) is 16.1 Å². The Morgan fingerprint density at radius 2 is 1.79 bits per heavy atom. The monoisotopic (exact) mass is 471 g/mol. The van der Waals surface area contributed by atoms with E-state index in [1.165, 1.54) is 24.4 Å². The topological polar surface area (TPSA) is 83.2 Å². The summed E-state index contributed by atoms with van der Waals surface area (Å²) in [5, 5.41) is 10.0. The largest absolute Gasteiger partial charge is 0.382 e. The van der Waals surface area contributed by atoms with Crippen LogP contribution in [0.5, 0.6) is 0 Å². The van der Waals surface area contributed by atoms with Gasteiger partial charge in [-0.25, -0.2) is 12.4 Å². The minimum Gasteiger partial charge on any atom is -0.382 e. The summed E-state index contributed by atoms with van der Waals surface area (Å²) in [6.45, 7) is 1.86. The van der Waals surface area contributed by atoms with Gasteiger partial charge in [0.1, 0.15) is 17.3 Å². The fourth-order valence-corrected chi connectivity index (χ4v) is 4.77. The zero-order valence-corrected chi connectivity index (χ0v) is 18.5. The molecule has 0 aliphatic carbocycles. The standard InChI is InChI=1S/C21H18BrN3O3S/c1-14-4-8-18(9-5-14)29(27,28)25-19-11-17(22)7-6-15(19)10-20(25)21(26)16(12-23)13-24(2)3/h4-11,13H,1-3H3. The third-order valence-corrected chi connectivity index (χ3v) is 6.50. The number of Topliss-reactive ketones (excluding diaryl/α,β-unsaturated/α-hetero) is 1. The van der Waals surface area contributed by atoms with E-state index >= 15 is 0 Å². The van der Waals surface area contributed by atoms with Crippen LogP contribution in [0.2, 0.25) is 0 Å². The first-order chi connectivity index (χ1) is 13.6. The van der Waals surface area contributed by atoms with Gasteiger partial charge in [0.15, 0.2) is 0 Å². The molecule has 0 saturated heterocycles. The second-order valence-electron chi connectivity index (χ2n) is 6.76. The number of nitriles is 1. The van der Waals surface area contributed by atoms with Crippen molar-refractivity contribution in [1.29, 1.82) is 5.26 Å². The molecule has 0 spiro atoms. The molecule has 0 saturated carbocycles. The van der Waals surface area contributed by atoms with Crippen molar-refractivity contribution in [3.05, 3.63) is 76.0 Å². The molecule has 148 valence electrons. The Labute approximate surface area is 177 Å². The summed E-state index contributed by atoms with van der Waals surface area (Å²) in [6, 6.07) is 14.9. The molecule has 8 heteroatoms. The normalized spacial score (nSPS) is 12.0. The highest BCUT2D eigenvalue weighted by molar-refractivity contribution is 9.10. The van der Waals surface area contributed by atoms with Crippen LogP contribution in [-0.4, -0.2) is 37.2 Å². The molecule has 2 aromatic carbocycles. The number of carbonyl (C=O) groups excluding carboxylic acids is 1. The van der Waals surface area contributed by atoms with Crippen molar-refractivity contribution in [2.45, 2.75) is 11.8 Å². The number of fused-ring (bicyclic) bond motifs is 1. The van der Waals surface area contributed by atoms with E-state index in [1.54, 1.807) is 49.3 Å². The molecule has 0 unspecified atom stereocenters. The van der Waals surface area contributed by atoms with Crippen LogP contribution in [0.3, 0.4) is 0 Å². The van der Waals surface area contributed by atoms with Crippen LogP contribution >= 0.6 is 15.9 Å². The SMILES string of the molecule is Cc1ccc(S(=O)(=O)n2c(C(=O)C(C#N)=CN(C)C)cc3ccc(Br)cc32)cc1. The van der Waals surface area contributed by atoms with Crippen LogP contribution < -0.4 is 0 Å². The summed E-state index contributed by atoms with van der Waals surface area (Å²) in [4.78, 5) is 14.7. The summed E-state index contributed by atoms with van der Waals surface area (Å²) < 4.78 is 28.6. The van der Waals surface area contributed by atoms with Crippen molar-refractivity contribution in [3.8, 4) is 6.07 Å². The predicted molar refractivity (Wildman–Crippen MR) is 115 cm³/mol. The molecule has 1 aromatic heterocycles. The van der Waals surface area contributed by atoms with Gasteiger partial charge in [0.2, 0.25) is 5.78 Å². The van der Waals surface area contributed by atoms with E-state index in [2.05, 4.69) is 15.9 Å². The van der Waals surface area contributed by atoms with E-state index < -0.39 is 15.8 Å². The van der Waals surface area contributed by atoms with E-state index in [-0.39, 0.29) is 16.2 Å². The molecule has 0 amide bonds. The smallest absolute Gasteiger partial charge is 0.268 e. The molecule has 0 fully saturated rings.